The van der Waals surface area contributed by atoms with Crippen LogP contribution in [0.5, 0.6) is 11.5 Å². The van der Waals surface area contributed by atoms with Crippen molar-refractivity contribution in [1.82, 2.24) is 0 Å². The third kappa shape index (κ3) is 6.58. The highest BCUT2D eigenvalue weighted by Crippen LogP contribution is 2.35. The van der Waals surface area contributed by atoms with E-state index in [1.54, 1.807) is 30.3 Å². The summed E-state index contributed by atoms with van der Waals surface area (Å²) < 4.78 is 69.3. The number of carbonyl (C=O) groups is 1. The van der Waals surface area contributed by atoms with Crippen LogP contribution >= 0.6 is 11.6 Å². The van der Waals surface area contributed by atoms with Crippen molar-refractivity contribution in [1.29, 1.82) is 0 Å². The molecule has 1 amide bonds. The number of rotatable bonds is 11. The third-order valence-electron chi connectivity index (χ3n) is 6.51. The van der Waals surface area contributed by atoms with E-state index < -0.39 is 27.8 Å². The molecule has 220 valence electrons. The molecule has 8 nitrogen and oxygen atoms in total. The van der Waals surface area contributed by atoms with Crippen molar-refractivity contribution in [3.8, 4) is 11.5 Å². The Balaban J connectivity index is 1.86. The number of sulfonamides is 1. The molecular formula is C30H27ClF2N2O6S. The SMILES string of the molecule is COc1ccc(S(=O)(=O)N(CCN(C(=O)O)c2ccccc2)c2ccc(Cl)cc2Cc2c(F)cccc2F)cc1OC. The summed E-state index contributed by atoms with van der Waals surface area (Å²) in [5, 5.41) is 10.1. The molecule has 4 aromatic carbocycles. The molecule has 0 aliphatic heterocycles. The van der Waals surface area contributed by atoms with Gasteiger partial charge in [-0.15, -0.1) is 0 Å². The lowest BCUT2D eigenvalue weighted by molar-refractivity contribution is 0.202. The van der Waals surface area contributed by atoms with Gasteiger partial charge in [0.05, 0.1) is 31.3 Å². The van der Waals surface area contributed by atoms with Crippen molar-refractivity contribution in [3.63, 3.8) is 0 Å². The van der Waals surface area contributed by atoms with E-state index in [0.29, 0.717) is 11.4 Å². The molecule has 42 heavy (non-hydrogen) atoms. The molecule has 0 aliphatic rings. The lowest BCUT2D eigenvalue weighted by Crippen LogP contribution is -2.41. The zero-order chi connectivity index (χ0) is 30.4. The van der Waals surface area contributed by atoms with Crippen LogP contribution < -0.4 is 18.7 Å². The third-order valence-corrected chi connectivity index (χ3v) is 8.55. The molecular weight excluding hydrogens is 590 g/mol. The van der Waals surface area contributed by atoms with Crippen LogP contribution in [0.1, 0.15) is 11.1 Å². The topological polar surface area (TPSA) is 96.4 Å². The van der Waals surface area contributed by atoms with E-state index in [1.165, 1.54) is 56.7 Å². The van der Waals surface area contributed by atoms with Gasteiger partial charge < -0.3 is 14.6 Å². The highest BCUT2D eigenvalue weighted by atomic mass is 35.5. The number of benzene rings is 4. The maximum Gasteiger partial charge on any atom is 0.411 e. The minimum absolute atomic E-state index is 0.0650. The van der Waals surface area contributed by atoms with Crippen LogP contribution in [-0.4, -0.2) is 46.9 Å². The second kappa shape index (κ2) is 13.1. The highest BCUT2D eigenvalue weighted by molar-refractivity contribution is 7.92. The van der Waals surface area contributed by atoms with Crippen LogP contribution in [0.4, 0.5) is 25.0 Å². The Morgan fingerprint density at radius 3 is 2.14 bits per heavy atom. The summed E-state index contributed by atoms with van der Waals surface area (Å²) in [6, 6.07) is 19.9. The Morgan fingerprint density at radius 2 is 1.52 bits per heavy atom. The van der Waals surface area contributed by atoms with Gasteiger partial charge in [0.25, 0.3) is 10.0 Å². The summed E-state index contributed by atoms with van der Waals surface area (Å²) in [5.41, 5.74) is 0.325. The van der Waals surface area contributed by atoms with Crippen molar-refractivity contribution in [2.45, 2.75) is 11.3 Å². The Kier molecular flexibility index (Phi) is 9.54. The highest BCUT2D eigenvalue weighted by Gasteiger charge is 2.30. The monoisotopic (exact) mass is 616 g/mol. The first-order valence-corrected chi connectivity index (χ1v) is 14.4. The number of hydrogen-bond donors (Lipinski definition) is 1. The fourth-order valence-electron chi connectivity index (χ4n) is 4.44. The number of nitrogens with zero attached hydrogens (tertiary/aromatic N) is 2. The first kappa shape index (κ1) is 30.6. The smallest absolute Gasteiger partial charge is 0.411 e. The molecule has 4 rings (SSSR count). The fraction of sp³-hybridized carbons (Fsp3) is 0.167. The normalized spacial score (nSPS) is 11.2. The first-order valence-electron chi connectivity index (χ1n) is 12.6. The molecule has 1 N–H and O–H groups in total. The molecule has 0 radical (unpaired) electrons. The number of amides is 1. The molecule has 0 spiro atoms. The number of ether oxygens (including phenoxy) is 2. The maximum atomic E-state index is 14.7. The van der Waals surface area contributed by atoms with Crippen molar-refractivity contribution in [2.75, 3.05) is 36.5 Å². The van der Waals surface area contributed by atoms with Gasteiger partial charge in [0, 0.05) is 35.3 Å². The summed E-state index contributed by atoms with van der Waals surface area (Å²) in [7, 11) is -1.65. The number of para-hydroxylation sites is 1. The predicted molar refractivity (Wildman–Crippen MR) is 157 cm³/mol. The minimum Gasteiger partial charge on any atom is -0.493 e. The van der Waals surface area contributed by atoms with E-state index in [4.69, 9.17) is 21.1 Å². The Hall–Kier alpha value is -4.35. The molecule has 4 aromatic rings. The fourth-order valence-corrected chi connectivity index (χ4v) is 6.14. The van der Waals surface area contributed by atoms with E-state index in [1.807, 2.05) is 0 Å². The zero-order valence-electron chi connectivity index (χ0n) is 22.6. The van der Waals surface area contributed by atoms with Crippen LogP contribution in [0.25, 0.3) is 0 Å². The second-order valence-electron chi connectivity index (χ2n) is 9.01. The Bertz CT molecular complexity index is 1670. The van der Waals surface area contributed by atoms with E-state index in [0.717, 1.165) is 21.3 Å². The van der Waals surface area contributed by atoms with E-state index in [-0.39, 0.29) is 52.0 Å². The van der Waals surface area contributed by atoms with Crippen molar-refractivity contribution in [3.05, 3.63) is 113 Å². The summed E-state index contributed by atoms with van der Waals surface area (Å²) >= 11 is 6.25. The van der Waals surface area contributed by atoms with Crippen molar-refractivity contribution >= 4 is 39.1 Å². The molecule has 0 heterocycles. The molecule has 0 atom stereocenters. The van der Waals surface area contributed by atoms with Crippen molar-refractivity contribution < 1.29 is 36.6 Å². The standard InChI is InChI=1S/C30H27ClF2N2O6S/c1-40-28-14-12-23(19-29(28)41-2)42(38,39)35(16-15-34(30(36)37)22-7-4-3-5-8-22)27-13-11-21(31)17-20(27)18-24-25(32)9-6-10-26(24)33/h3-14,17,19H,15-16,18H2,1-2H3,(H,36,37). The first-order chi connectivity index (χ1) is 20.1. The number of carboxylic acid groups (broad SMARTS) is 1. The van der Waals surface area contributed by atoms with Gasteiger partial charge in [-0.05, 0) is 60.2 Å². The second-order valence-corrected chi connectivity index (χ2v) is 11.3. The summed E-state index contributed by atoms with van der Waals surface area (Å²) in [4.78, 5) is 13.0. The molecule has 12 heteroatoms. The van der Waals surface area contributed by atoms with E-state index in [2.05, 4.69) is 0 Å². The van der Waals surface area contributed by atoms with Gasteiger partial charge in [-0.2, -0.15) is 0 Å². The molecule has 0 saturated heterocycles. The van der Waals surface area contributed by atoms with E-state index in [9.17, 15) is 27.1 Å². The van der Waals surface area contributed by atoms with Crippen LogP contribution in [-0.2, 0) is 16.4 Å². The number of anilines is 2. The van der Waals surface area contributed by atoms with Crippen LogP contribution in [0.15, 0.2) is 89.8 Å². The van der Waals surface area contributed by atoms with Gasteiger partial charge in [-0.3, -0.25) is 9.21 Å². The largest absolute Gasteiger partial charge is 0.493 e. The van der Waals surface area contributed by atoms with Gasteiger partial charge in [-0.1, -0.05) is 35.9 Å². The minimum atomic E-state index is -4.42. The van der Waals surface area contributed by atoms with Crippen LogP contribution in [0.2, 0.25) is 5.02 Å². The van der Waals surface area contributed by atoms with Gasteiger partial charge >= 0.3 is 6.09 Å². The van der Waals surface area contributed by atoms with Gasteiger partial charge in [0.2, 0.25) is 0 Å². The van der Waals surface area contributed by atoms with Crippen LogP contribution in [0.3, 0.4) is 0 Å². The van der Waals surface area contributed by atoms with Crippen molar-refractivity contribution in [2.24, 2.45) is 0 Å². The molecule has 0 aliphatic carbocycles. The average molecular weight is 617 g/mol. The Morgan fingerprint density at radius 1 is 0.857 bits per heavy atom. The number of hydrogen-bond acceptors (Lipinski definition) is 5. The summed E-state index contributed by atoms with van der Waals surface area (Å²) in [6.07, 6.45) is -1.62. The average Bonchev–Trinajstić information content (AvgIpc) is 2.97. The Labute approximate surface area is 247 Å². The van der Waals surface area contributed by atoms with Gasteiger partial charge in [-0.25, -0.2) is 22.0 Å². The maximum absolute atomic E-state index is 14.7. The predicted octanol–water partition coefficient (Wildman–Crippen LogP) is 6.61. The summed E-state index contributed by atoms with van der Waals surface area (Å²) in [5.74, 6) is -1.17. The lowest BCUT2D eigenvalue weighted by Gasteiger charge is -2.29. The molecule has 0 fully saturated rings. The van der Waals surface area contributed by atoms with E-state index >= 15 is 0 Å². The lowest BCUT2D eigenvalue weighted by atomic mass is 10.0. The van der Waals surface area contributed by atoms with Gasteiger partial charge in [0.15, 0.2) is 11.5 Å². The summed E-state index contributed by atoms with van der Waals surface area (Å²) in [6.45, 7) is -0.631. The molecule has 0 bridgehead atoms. The molecule has 0 aromatic heterocycles. The molecule has 0 unspecified atom stereocenters. The number of methoxy groups -OCH3 is 2. The quantitative estimate of drug-likeness (QED) is 0.204. The van der Waals surface area contributed by atoms with Crippen LogP contribution in [0, 0.1) is 11.6 Å². The van der Waals surface area contributed by atoms with Gasteiger partial charge in [0.1, 0.15) is 11.6 Å². The number of halogens is 3. The zero-order valence-corrected chi connectivity index (χ0v) is 24.2. The molecule has 0 saturated carbocycles.